The first-order chi connectivity index (χ1) is 6.68. The average Bonchev–Trinajstić information content (AvgIpc) is 2.06. The third kappa shape index (κ3) is 1.79. The Balaban J connectivity index is 2.18. The summed E-state index contributed by atoms with van der Waals surface area (Å²) in [6.07, 6.45) is 3.85. The molecule has 1 saturated carbocycles. The predicted molar refractivity (Wildman–Crippen MR) is 62.8 cm³/mol. The molecule has 0 amide bonds. The Morgan fingerprint density at radius 3 is 2.57 bits per heavy atom. The zero-order valence-electron chi connectivity index (χ0n) is 8.04. The molecule has 1 fully saturated rings. The van der Waals surface area contributed by atoms with Crippen LogP contribution in [0.4, 0.5) is 5.69 Å². The second kappa shape index (κ2) is 3.91. The third-order valence-electron chi connectivity index (χ3n) is 3.06. The van der Waals surface area contributed by atoms with Gasteiger partial charge in [0.1, 0.15) is 0 Å². The minimum Gasteiger partial charge on any atom is -0.398 e. The first-order valence-corrected chi connectivity index (χ1v) is 5.78. The molecule has 1 aromatic rings. The van der Waals surface area contributed by atoms with Crippen LogP contribution in [-0.2, 0) is 0 Å². The van der Waals surface area contributed by atoms with Gasteiger partial charge in [0.15, 0.2) is 0 Å². The van der Waals surface area contributed by atoms with Crippen molar-refractivity contribution in [2.24, 2.45) is 11.7 Å². The molecule has 1 atom stereocenters. The van der Waals surface area contributed by atoms with Crippen LogP contribution in [0.5, 0.6) is 0 Å². The lowest BCUT2D eigenvalue weighted by Crippen LogP contribution is -2.26. The van der Waals surface area contributed by atoms with Crippen molar-refractivity contribution in [2.75, 3.05) is 5.73 Å². The lowest BCUT2D eigenvalue weighted by molar-refractivity contribution is 0.264. The molecule has 0 saturated heterocycles. The van der Waals surface area contributed by atoms with Crippen molar-refractivity contribution in [2.45, 2.75) is 25.3 Å². The molecule has 0 unspecified atom stereocenters. The van der Waals surface area contributed by atoms with Crippen LogP contribution in [0.3, 0.4) is 0 Å². The van der Waals surface area contributed by atoms with E-state index in [9.17, 15) is 0 Å². The highest BCUT2D eigenvalue weighted by molar-refractivity contribution is 9.10. The molecule has 14 heavy (non-hydrogen) atoms. The monoisotopic (exact) mass is 254 g/mol. The number of halogens is 1. The van der Waals surface area contributed by atoms with Gasteiger partial charge in [-0.15, -0.1) is 0 Å². The van der Waals surface area contributed by atoms with Gasteiger partial charge in [0.2, 0.25) is 0 Å². The van der Waals surface area contributed by atoms with Crippen LogP contribution >= 0.6 is 15.9 Å². The second-order valence-corrected chi connectivity index (χ2v) is 4.85. The summed E-state index contributed by atoms with van der Waals surface area (Å²) in [5.74, 6) is 0.663. The highest BCUT2D eigenvalue weighted by atomic mass is 79.9. The fourth-order valence-corrected chi connectivity index (χ4v) is 2.09. The van der Waals surface area contributed by atoms with E-state index >= 15 is 0 Å². The summed E-state index contributed by atoms with van der Waals surface area (Å²) in [6, 6.07) is 6.18. The van der Waals surface area contributed by atoms with E-state index in [1.807, 2.05) is 12.1 Å². The minimum absolute atomic E-state index is 0.166. The van der Waals surface area contributed by atoms with Gasteiger partial charge in [-0.05, 0) is 52.4 Å². The van der Waals surface area contributed by atoms with E-state index in [1.165, 1.54) is 19.3 Å². The van der Waals surface area contributed by atoms with Crippen molar-refractivity contribution in [3.8, 4) is 0 Å². The van der Waals surface area contributed by atoms with E-state index in [1.54, 1.807) is 0 Å². The minimum atomic E-state index is 0.166. The molecule has 76 valence electrons. The number of hydrogen-bond acceptors (Lipinski definition) is 2. The zero-order chi connectivity index (χ0) is 10.1. The predicted octanol–water partition coefficient (Wildman–Crippen LogP) is 2.83. The van der Waals surface area contributed by atoms with Crippen LogP contribution in [0.25, 0.3) is 0 Å². The quantitative estimate of drug-likeness (QED) is 0.798. The second-order valence-electron chi connectivity index (χ2n) is 4.00. The molecule has 3 heteroatoms. The molecular formula is C11H15BrN2. The molecule has 1 aliphatic carbocycles. The molecular weight excluding hydrogens is 240 g/mol. The van der Waals surface area contributed by atoms with Gasteiger partial charge in [-0.25, -0.2) is 0 Å². The van der Waals surface area contributed by atoms with Gasteiger partial charge >= 0.3 is 0 Å². The number of nitrogen functional groups attached to an aromatic ring is 1. The summed E-state index contributed by atoms with van der Waals surface area (Å²) in [5, 5.41) is 0. The fourth-order valence-electron chi connectivity index (χ4n) is 1.84. The molecule has 1 aromatic carbocycles. The standard InChI is InChI=1S/C11H15BrN2/c12-9-5-4-8(6-10(9)13)11(14)7-2-1-3-7/h4-7,11H,1-3,13-14H2/t11-/m1/s1. The molecule has 2 rings (SSSR count). The topological polar surface area (TPSA) is 52.0 Å². The van der Waals surface area contributed by atoms with Crippen molar-refractivity contribution >= 4 is 21.6 Å². The molecule has 0 aromatic heterocycles. The molecule has 0 radical (unpaired) electrons. The van der Waals surface area contributed by atoms with E-state index in [0.717, 1.165) is 15.7 Å². The zero-order valence-corrected chi connectivity index (χ0v) is 9.63. The van der Waals surface area contributed by atoms with Gasteiger partial charge in [-0.2, -0.15) is 0 Å². The molecule has 1 aliphatic rings. The maximum absolute atomic E-state index is 6.15. The molecule has 4 N–H and O–H groups in total. The van der Waals surface area contributed by atoms with Gasteiger partial charge < -0.3 is 11.5 Å². The highest BCUT2D eigenvalue weighted by Crippen LogP contribution is 2.37. The first-order valence-electron chi connectivity index (χ1n) is 4.99. The Kier molecular flexibility index (Phi) is 2.79. The Labute approximate surface area is 92.8 Å². The summed E-state index contributed by atoms with van der Waals surface area (Å²) in [4.78, 5) is 0. The van der Waals surface area contributed by atoms with E-state index in [4.69, 9.17) is 11.5 Å². The smallest absolute Gasteiger partial charge is 0.0461 e. The van der Waals surface area contributed by atoms with Gasteiger partial charge in [-0.3, -0.25) is 0 Å². The van der Waals surface area contributed by atoms with Crippen molar-refractivity contribution < 1.29 is 0 Å². The Morgan fingerprint density at radius 1 is 1.36 bits per heavy atom. The number of nitrogens with two attached hydrogens (primary N) is 2. The number of anilines is 1. The van der Waals surface area contributed by atoms with Gasteiger partial charge in [0.05, 0.1) is 0 Å². The summed E-state index contributed by atoms with van der Waals surface area (Å²) in [6.45, 7) is 0. The Morgan fingerprint density at radius 2 is 2.07 bits per heavy atom. The number of rotatable bonds is 2. The fraction of sp³-hybridized carbons (Fsp3) is 0.455. The van der Waals surface area contributed by atoms with Crippen molar-refractivity contribution in [3.63, 3.8) is 0 Å². The molecule has 2 nitrogen and oxygen atoms in total. The highest BCUT2D eigenvalue weighted by Gasteiger charge is 2.25. The number of hydrogen-bond donors (Lipinski definition) is 2. The lowest BCUT2D eigenvalue weighted by atomic mass is 9.77. The van der Waals surface area contributed by atoms with E-state index in [-0.39, 0.29) is 6.04 Å². The van der Waals surface area contributed by atoms with Gasteiger partial charge in [0.25, 0.3) is 0 Å². The summed E-state index contributed by atoms with van der Waals surface area (Å²) in [5.41, 5.74) is 13.9. The van der Waals surface area contributed by atoms with E-state index in [2.05, 4.69) is 22.0 Å². The lowest BCUT2D eigenvalue weighted by Gasteiger charge is -2.31. The van der Waals surface area contributed by atoms with Crippen molar-refractivity contribution in [1.82, 2.24) is 0 Å². The normalized spacial score (nSPS) is 19.0. The Bertz CT molecular complexity index is 334. The SMILES string of the molecule is Nc1cc([C@H](N)C2CCC2)ccc1Br. The summed E-state index contributed by atoms with van der Waals surface area (Å²) >= 11 is 3.38. The molecule has 0 heterocycles. The largest absolute Gasteiger partial charge is 0.398 e. The third-order valence-corrected chi connectivity index (χ3v) is 3.78. The van der Waals surface area contributed by atoms with E-state index < -0.39 is 0 Å². The molecule has 0 spiro atoms. The van der Waals surface area contributed by atoms with Gasteiger partial charge in [-0.1, -0.05) is 12.5 Å². The maximum Gasteiger partial charge on any atom is 0.0461 e. The average molecular weight is 255 g/mol. The van der Waals surface area contributed by atoms with Crippen LogP contribution in [0.1, 0.15) is 30.9 Å². The molecule has 0 aliphatic heterocycles. The van der Waals surface area contributed by atoms with Gasteiger partial charge in [0, 0.05) is 16.2 Å². The maximum atomic E-state index is 6.15. The summed E-state index contributed by atoms with van der Waals surface area (Å²) in [7, 11) is 0. The van der Waals surface area contributed by atoms with Crippen LogP contribution in [-0.4, -0.2) is 0 Å². The van der Waals surface area contributed by atoms with Crippen LogP contribution in [0.15, 0.2) is 22.7 Å². The van der Waals surface area contributed by atoms with Crippen LogP contribution in [0, 0.1) is 5.92 Å². The first kappa shape index (κ1) is 9.99. The van der Waals surface area contributed by atoms with E-state index in [0.29, 0.717) is 5.92 Å². The van der Waals surface area contributed by atoms with Crippen LogP contribution in [0.2, 0.25) is 0 Å². The number of benzene rings is 1. The van der Waals surface area contributed by atoms with Crippen molar-refractivity contribution in [3.05, 3.63) is 28.2 Å². The van der Waals surface area contributed by atoms with Crippen molar-refractivity contribution in [1.29, 1.82) is 0 Å². The van der Waals surface area contributed by atoms with Crippen LogP contribution < -0.4 is 11.5 Å². The summed E-state index contributed by atoms with van der Waals surface area (Å²) < 4.78 is 0.946. The molecule has 0 bridgehead atoms. The Hall–Kier alpha value is -0.540.